The largest absolute Gasteiger partial charge is 0.479 e. The molecule has 25 nitrogen and oxygen atoms in total. The lowest BCUT2D eigenvalue weighted by atomic mass is 9.94. The van der Waals surface area contributed by atoms with Crippen LogP contribution in [0.2, 0.25) is 0 Å². The fourth-order valence-electron chi connectivity index (χ4n) is 6.75. The average molecular weight is 819 g/mol. The highest BCUT2D eigenvalue weighted by Gasteiger charge is 2.57. The van der Waals surface area contributed by atoms with E-state index in [1.165, 1.54) is 13.8 Å². The molecule has 56 heavy (non-hydrogen) atoms. The van der Waals surface area contributed by atoms with Gasteiger partial charge in [-0.3, -0.25) is 9.59 Å². The average Bonchev–Trinajstić information content (AvgIpc) is 3.11. The van der Waals surface area contributed by atoms with Gasteiger partial charge in [-0.15, -0.1) is 0 Å². The van der Waals surface area contributed by atoms with Crippen molar-refractivity contribution in [2.24, 2.45) is 0 Å². The number of aliphatic hydroxyl groups excluding tert-OH is 9. The first-order valence-corrected chi connectivity index (χ1v) is 17.4. The van der Waals surface area contributed by atoms with E-state index in [2.05, 4.69) is 10.6 Å². The van der Waals surface area contributed by atoms with Gasteiger partial charge < -0.3 is 105 Å². The Hall–Kier alpha value is -2.80. The Morgan fingerprint density at radius 1 is 0.554 bits per heavy atom. The Labute approximate surface area is 317 Å². The van der Waals surface area contributed by atoms with Crippen molar-refractivity contribution >= 4 is 23.8 Å². The molecule has 4 saturated heterocycles. The molecule has 0 aromatic heterocycles. The van der Waals surface area contributed by atoms with E-state index in [4.69, 9.17) is 37.9 Å². The highest BCUT2D eigenvalue weighted by Crippen LogP contribution is 2.35. The first-order chi connectivity index (χ1) is 26.2. The fourth-order valence-corrected chi connectivity index (χ4v) is 6.75. The topological polar surface area (TPSA) is 389 Å². The summed E-state index contributed by atoms with van der Waals surface area (Å²) in [5.41, 5.74) is 0. The number of aliphatic carboxylic acids is 2. The third-order valence-electron chi connectivity index (χ3n) is 9.35. The molecule has 4 rings (SSSR count). The van der Waals surface area contributed by atoms with Crippen LogP contribution < -0.4 is 10.6 Å². The van der Waals surface area contributed by atoms with Crippen LogP contribution in [0.15, 0.2) is 0 Å². The second-order valence-corrected chi connectivity index (χ2v) is 13.8. The van der Waals surface area contributed by atoms with Gasteiger partial charge in [0.05, 0.1) is 19.3 Å². The van der Waals surface area contributed by atoms with Gasteiger partial charge in [-0.1, -0.05) is 0 Å². The number of ether oxygens (including phenoxy) is 8. The standard InChI is InChI=1S/C31H50N2O23/c1-7(2)49-22-16(40)18(42)31(55-24(22)26(44)45)53-21-13(33-9(4)37)29(51-11(6-35)15(21)39)54-23-17(41)19(43)30(56-25(23)27(46)47)52-20-12(32-8(3)36)28(48)50-10(5-34)14(20)38/h7,10-25,28-31,34-35,38-43,48H,5-6H2,1-4H3,(H,32,36)(H,33,37)(H,44,45)(H,46,47). The van der Waals surface area contributed by atoms with E-state index < -0.39 is 166 Å². The van der Waals surface area contributed by atoms with Crippen molar-refractivity contribution in [3.8, 4) is 0 Å². The zero-order chi connectivity index (χ0) is 41.9. The summed E-state index contributed by atoms with van der Waals surface area (Å²) in [5, 5.41) is 121. The maximum Gasteiger partial charge on any atom is 0.335 e. The first kappa shape index (κ1) is 45.9. The fraction of sp³-hybridized carbons (Fsp3) is 0.871. The monoisotopic (exact) mass is 818 g/mol. The zero-order valence-electron chi connectivity index (χ0n) is 30.4. The molecular weight excluding hydrogens is 768 g/mol. The van der Waals surface area contributed by atoms with Gasteiger partial charge in [0.15, 0.2) is 37.4 Å². The van der Waals surface area contributed by atoms with Crippen molar-refractivity contribution in [2.75, 3.05) is 13.2 Å². The van der Waals surface area contributed by atoms with Crippen LogP contribution in [0, 0.1) is 0 Å². The summed E-state index contributed by atoms with van der Waals surface area (Å²) in [5.74, 6) is -5.09. The predicted molar refractivity (Wildman–Crippen MR) is 172 cm³/mol. The maximum atomic E-state index is 12.5. The lowest BCUT2D eigenvalue weighted by Crippen LogP contribution is -2.70. The summed E-state index contributed by atoms with van der Waals surface area (Å²) in [6.45, 7) is 3.23. The van der Waals surface area contributed by atoms with Gasteiger partial charge in [0.1, 0.15) is 85.3 Å². The molecule has 4 fully saturated rings. The number of hydrogen-bond acceptors (Lipinski definition) is 21. The lowest BCUT2D eigenvalue weighted by molar-refractivity contribution is -0.369. The molecule has 0 saturated carbocycles. The van der Waals surface area contributed by atoms with Crippen LogP contribution in [-0.2, 0) is 57.1 Å². The molecule has 4 aliphatic rings. The summed E-state index contributed by atoms with van der Waals surface area (Å²) < 4.78 is 44.2. The van der Waals surface area contributed by atoms with Crippen molar-refractivity contribution < 1.29 is 113 Å². The third-order valence-corrected chi connectivity index (χ3v) is 9.35. The Morgan fingerprint density at radius 2 is 0.964 bits per heavy atom. The van der Waals surface area contributed by atoms with Crippen molar-refractivity contribution in [2.45, 2.75) is 156 Å². The van der Waals surface area contributed by atoms with E-state index in [0.717, 1.165) is 13.8 Å². The molecule has 20 atom stereocenters. The van der Waals surface area contributed by atoms with Crippen LogP contribution in [0.1, 0.15) is 27.7 Å². The number of carboxylic acids is 2. The molecule has 0 aromatic rings. The van der Waals surface area contributed by atoms with Crippen molar-refractivity contribution in [1.82, 2.24) is 10.6 Å². The summed E-state index contributed by atoms with van der Waals surface area (Å²) in [6.07, 6.45) is -35.8. The molecule has 0 aromatic carbocycles. The number of nitrogens with one attached hydrogen (secondary N) is 2. The minimum absolute atomic E-state index is 0.635. The lowest BCUT2D eigenvalue weighted by Gasteiger charge is -2.50. The van der Waals surface area contributed by atoms with Gasteiger partial charge in [-0.05, 0) is 13.8 Å². The molecule has 0 spiro atoms. The summed E-state index contributed by atoms with van der Waals surface area (Å²) in [7, 11) is 0. The Balaban J connectivity index is 1.62. The molecular formula is C31H50N2O23. The summed E-state index contributed by atoms with van der Waals surface area (Å²) >= 11 is 0. The van der Waals surface area contributed by atoms with Gasteiger partial charge in [-0.25, -0.2) is 9.59 Å². The molecule has 0 aliphatic carbocycles. The molecule has 13 N–H and O–H groups in total. The highest BCUT2D eigenvalue weighted by atomic mass is 16.8. The highest BCUT2D eigenvalue weighted by molar-refractivity contribution is 5.74. The van der Waals surface area contributed by atoms with Crippen LogP contribution >= 0.6 is 0 Å². The summed E-state index contributed by atoms with van der Waals surface area (Å²) in [4.78, 5) is 48.9. The van der Waals surface area contributed by atoms with Gasteiger partial charge in [0.2, 0.25) is 11.8 Å². The van der Waals surface area contributed by atoms with Crippen molar-refractivity contribution in [1.29, 1.82) is 0 Å². The number of hydrogen-bond donors (Lipinski definition) is 13. The Morgan fingerprint density at radius 3 is 1.41 bits per heavy atom. The third kappa shape index (κ3) is 10.1. The van der Waals surface area contributed by atoms with Crippen LogP contribution in [0.4, 0.5) is 0 Å². The minimum Gasteiger partial charge on any atom is -0.479 e. The second-order valence-electron chi connectivity index (χ2n) is 13.8. The molecule has 20 unspecified atom stereocenters. The van der Waals surface area contributed by atoms with Crippen LogP contribution in [0.5, 0.6) is 0 Å². The Kier molecular flexibility index (Phi) is 15.8. The van der Waals surface area contributed by atoms with E-state index in [9.17, 15) is 75.3 Å². The number of amides is 2. The zero-order valence-corrected chi connectivity index (χ0v) is 30.4. The number of aliphatic hydroxyl groups is 9. The number of carbonyl (C=O) groups is 4. The predicted octanol–water partition coefficient (Wildman–Crippen LogP) is -7.84. The van der Waals surface area contributed by atoms with Gasteiger partial charge in [-0.2, -0.15) is 0 Å². The number of rotatable bonds is 14. The normalized spacial score (nSPS) is 44.5. The van der Waals surface area contributed by atoms with Crippen LogP contribution in [-0.4, -0.2) is 222 Å². The second kappa shape index (κ2) is 19.3. The molecule has 0 bridgehead atoms. The van der Waals surface area contributed by atoms with E-state index in [0.29, 0.717) is 0 Å². The van der Waals surface area contributed by atoms with E-state index in [-0.39, 0.29) is 0 Å². The molecule has 4 aliphatic heterocycles. The molecule has 4 heterocycles. The molecule has 25 heteroatoms. The van der Waals surface area contributed by atoms with E-state index in [1.807, 2.05) is 0 Å². The Bertz CT molecular complexity index is 1360. The van der Waals surface area contributed by atoms with Gasteiger partial charge in [0, 0.05) is 13.8 Å². The van der Waals surface area contributed by atoms with Crippen LogP contribution in [0.25, 0.3) is 0 Å². The first-order valence-electron chi connectivity index (χ1n) is 17.4. The van der Waals surface area contributed by atoms with Crippen molar-refractivity contribution in [3.05, 3.63) is 0 Å². The molecule has 2 amide bonds. The van der Waals surface area contributed by atoms with Gasteiger partial charge in [0.25, 0.3) is 0 Å². The van der Waals surface area contributed by atoms with Crippen LogP contribution in [0.3, 0.4) is 0 Å². The minimum atomic E-state index is -2.29. The van der Waals surface area contributed by atoms with E-state index in [1.54, 1.807) is 0 Å². The SMILES string of the molecule is CC(=O)NC1C(O)OC(CO)C(O)C1OC1OC(C(=O)O)C(OC2OC(CO)C(O)C(OC3OC(C(=O)O)C(OC(C)C)C(O)C3O)C2NC(C)=O)C(O)C1O. The smallest absolute Gasteiger partial charge is 0.335 e. The quantitative estimate of drug-likeness (QED) is 0.0774. The number of carbonyl (C=O) groups excluding carboxylic acids is 2. The van der Waals surface area contributed by atoms with E-state index >= 15 is 0 Å². The van der Waals surface area contributed by atoms with Crippen molar-refractivity contribution in [3.63, 3.8) is 0 Å². The number of carboxylic acid groups (broad SMARTS) is 2. The molecule has 0 radical (unpaired) electrons. The van der Waals surface area contributed by atoms with Gasteiger partial charge >= 0.3 is 11.9 Å². The summed E-state index contributed by atoms with van der Waals surface area (Å²) in [6, 6.07) is -3.35. The maximum absolute atomic E-state index is 12.5. The molecule has 322 valence electrons.